The van der Waals surface area contributed by atoms with E-state index in [4.69, 9.17) is 21.1 Å². The number of rotatable bonds is 3. The minimum atomic E-state index is -0.553. The molecule has 8 heteroatoms. The zero-order valence-corrected chi connectivity index (χ0v) is 14.0. The van der Waals surface area contributed by atoms with E-state index in [1.54, 1.807) is 12.1 Å². The van der Waals surface area contributed by atoms with Crippen LogP contribution >= 0.6 is 11.6 Å². The Morgan fingerprint density at radius 1 is 1.15 bits per heavy atom. The number of urea groups is 1. The smallest absolute Gasteiger partial charge is 0.329 e. The molecule has 0 aromatic heterocycles. The maximum absolute atomic E-state index is 13.0. The van der Waals surface area contributed by atoms with Crippen LogP contribution in [0.4, 0.5) is 9.18 Å². The fourth-order valence-corrected chi connectivity index (χ4v) is 2.89. The topological polar surface area (TPSA) is 67.9 Å². The van der Waals surface area contributed by atoms with Gasteiger partial charge in [0.1, 0.15) is 11.5 Å². The van der Waals surface area contributed by atoms with E-state index in [-0.39, 0.29) is 24.9 Å². The first-order valence-electron chi connectivity index (χ1n) is 7.69. The predicted molar refractivity (Wildman–Crippen MR) is 91.0 cm³/mol. The average Bonchev–Trinajstić information content (AvgIpc) is 3.16. The van der Waals surface area contributed by atoms with Gasteiger partial charge in [-0.25, -0.2) is 9.18 Å². The number of benzene rings is 2. The minimum Gasteiger partial charge on any atom is -0.454 e. The standard InChI is InChI=1S/C18H12ClFN2O4/c19-13-7-16-15(25-9-26-16)6-11(13)5-14-17(23)22(18(24)21-14)8-10-1-3-12(20)4-2-10/h1-7H,8-9H2,(H,21,24)/b14-5+. The van der Waals surface area contributed by atoms with E-state index >= 15 is 0 Å². The van der Waals surface area contributed by atoms with Gasteiger partial charge in [-0.2, -0.15) is 0 Å². The number of nitrogens with zero attached hydrogens (tertiary/aromatic N) is 1. The first-order chi connectivity index (χ1) is 12.5. The second-order valence-electron chi connectivity index (χ2n) is 5.73. The maximum atomic E-state index is 13.0. The Balaban J connectivity index is 1.59. The lowest BCUT2D eigenvalue weighted by atomic mass is 10.1. The zero-order valence-electron chi connectivity index (χ0n) is 13.3. The Kier molecular flexibility index (Phi) is 4.00. The van der Waals surface area contributed by atoms with Crippen molar-refractivity contribution in [1.29, 1.82) is 0 Å². The highest BCUT2D eigenvalue weighted by Crippen LogP contribution is 2.37. The molecule has 0 unspecified atom stereocenters. The van der Waals surface area contributed by atoms with Crippen LogP contribution in [0.15, 0.2) is 42.1 Å². The Labute approximate surface area is 152 Å². The number of amides is 3. The third-order valence-electron chi connectivity index (χ3n) is 4.01. The summed E-state index contributed by atoms with van der Waals surface area (Å²) in [6, 6.07) is 8.27. The SMILES string of the molecule is O=C1N/C(=C/c2cc3c(cc2Cl)OCO3)C(=O)N1Cc1ccc(F)cc1. The Bertz CT molecular complexity index is 943. The van der Waals surface area contributed by atoms with E-state index in [9.17, 15) is 14.0 Å². The molecule has 3 amide bonds. The summed E-state index contributed by atoms with van der Waals surface area (Å²) in [7, 11) is 0. The molecule has 0 bridgehead atoms. The molecule has 0 saturated carbocycles. The summed E-state index contributed by atoms with van der Waals surface area (Å²) < 4.78 is 23.5. The van der Waals surface area contributed by atoms with Crippen LogP contribution in [0.5, 0.6) is 11.5 Å². The van der Waals surface area contributed by atoms with Crippen LogP contribution in [-0.4, -0.2) is 23.6 Å². The van der Waals surface area contributed by atoms with Crippen molar-refractivity contribution in [3.05, 3.63) is 64.1 Å². The fraction of sp³-hybridized carbons (Fsp3) is 0.111. The molecule has 2 aromatic carbocycles. The lowest BCUT2D eigenvalue weighted by Crippen LogP contribution is -2.30. The summed E-state index contributed by atoms with van der Waals surface area (Å²) in [5.41, 5.74) is 1.25. The second kappa shape index (κ2) is 6.34. The number of nitrogens with one attached hydrogen (secondary N) is 1. The van der Waals surface area contributed by atoms with Crippen molar-refractivity contribution >= 4 is 29.6 Å². The summed E-state index contributed by atoms with van der Waals surface area (Å²) in [6.45, 7) is 0.143. The van der Waals surface area contributed by atoms with Crippen molar-refractivity contribution in [2.75, 3.05) is 6.79 Å². The maximum Gasteiger partial charge on any atom is 0.329 e. The third kappa shape index (κ3) is 2.97. The van der Waals surface area contributed by atoms with Gasteiger partial charge in [-0.1, -0.05) is 23.7 Å². The fourth-order valence-electron chi connectivity index (χ4n) is 2.69. The highest BCUT2D eigenvalue weighted by molar-refractivity contribution is 6.32. The van der Waals surface area contributed by atoms with E-state index in [2.05, 4.69) is 5.32 Å². The van der Waals surface area contributed by atoms with Crippen LogP contribution in [0.1, 0.15) is 11.1 Å². The third-order valence-corrected chi connectivity index (χ3v) is 4.34. The highest BCUT2D eigenvalue weighted by Gasteiger charge is 2.33. The molecule has 2 heterocycles. The summed E-state index contributed by atoms with van der Waals surface area (Å²) in [5.74, 6) is 0.162. The van der Waals surface area contributed by atoms with Crippen molar-refractivity contribution in [1.82, 2.24) is 10.2 Å². The Morgan fingerprint density at radius 3 is 2.58 bits per heavy atom. The molecule has 0 spiro atoms. The molecule has 4 rings (SSSR count). The van der Waals surface area contributed by atoms with Gasteiger partial charge in [0.05, 0.1) is 11.6 Å². The molecule has 2 aromatic rings. The first-order valence-corrected chi connectivity index (χ1v) is 8.07. The highest BCUT2D eigenvalue weighted by atomic mass is 35.5. The molecule has 1 N–H and O–H groups in total. The second-order valence-corrected chi connectivity index (χ2v) is 6.14. The molecule has 132 valence electrons. The zero-order chi connectivity index (χ0) is 18.3. The number of carbonyl (C=O) groups is 2. The number of halogens is 2. The summed E-state index contributed by atoms with van der Waals surface area (Å²) in [5, 5.41) is 2.88. The van der Waals surface area contributed by atoms with Gasteiger partial charge in [-0.05, 0) is 35.4 Å². The van der Waals surface area contributed by atoms with E-state index in [1.165, 1.54) is 30.3 Å². The van der Waals surface area contributed by atoms with Gasteiger partial charge in [0.25, 0.3) is 5.91 Å². The number of fused-ring (bicyclic) bond motifs is 1. The van der Waals surface area contributed by atoms with Crippen LogP contribution in [-0.2, 0) is 11.3 Å². The lowest BCUT2D eigenvalue weighted by molar-refractivity contribution is -0.123. The van der Waals surface area contributed by atoms with E-state index in [1.807, 2.05) is 0 Å². The van der Waals surface area contributed by atoms with Crippen molar-refractivity contribution in [2.45, 2.75) is 6.54 Å². The van der Waals surface area contributed by atoms with E-state index in [0.717, 1.165) is 4.90 Å². The van der Waals surface area contributed by atoms with Crippen LogP contribution in [0, 0.1) is 5.82 Å². The largest absolute Gasteiger partial charge is 0.454 e. The van der Waals surface area contributed by atoms with Crippen LogP contribution in [0.25, 0.3) is 6.08 Å². The molecule has 2 aliphatic rings. The molecular formula is C18H12ClFN2O4. The molecule has 1 saturated heterocycles. The van der Waals surface area contributed by atoms with Gasteiger partial charge >= 0.3 is 6.03 Å². The van der Waals surface area contributed by atoms with Crippen molar-refractivity contribution < 1.29 is 23.5 Å². The van der Waals surface area contributed by atoms with Gasteiger partial charge in [-0.3, -0.25) is 9.69 Å². The van der Waals surface area contributed by atoms with Crippen LogP contribution < -0.4 is 14.8 Å². The Morgan fingerprint density at radius 2 is 1.85 bits per heavy atom. The van der Waals surface area contributed by atoms with Crippen LogP contribution in [0.3, 0.4) is 0 Å². The van der Waals surface area contributed by atoms with Gasteiger partial charge < -0.3 is 14.8 Å². The average molecular weight is 375 g/mol. The van der Waals surface area contributed by atoms with Crippen molar-refractivity contribution in [3.63, 3.8) is 0 Å². The monoisotopic (exact) mass is 374 g/mol. The normalized spacial score (nSPS) is 17.2. The molecular weight excluding hydrogens is 363 g/mol. The molecule has 6 nitrogen and oxygen atoms in total. The molecule has 0 atom stereocenters. The quantitative estimate of drug-likeness (QED) is 0.661. The number of hydrogen-bond acceptors (Lipinski definition) is 4. The van der Waals surface area contributed by atoms with E-state index < -0.39 is 11.9 Å². The number of imide groups is 1. The van der Waals surface area contributed by atoms with Gasteiger partial charge in [0.15, 0.2) is 11.5 Å². The molecule has 2 aliphatic heterocycles. The van der Waals surface area contributed by atoms with Gasteiger partial charge in [0.2, 0.25) is 6.79 Å². The number of ether oxygens (including phenoxy) is 2. The van der Waals surface area contributed by atoms with Crippen LogP contribution in [0.2, 0.25) is 5.02 Å². The molecule has 0 radical (unpaired) electrons. The first kappa shape index (κ1) is 16.4. The van der Waals surface area contributed by atoms with Gasteiger partial charge in [-0.15, -0.1) is 0 Å². The number of carbonyl (C=O) groups excluding carboxylic acids is 2. The van der Waals surface area contributed by atoms with E-state index in [0.29, 0.717) is 27.6 Å². The summed E-state index contributed by atoms with van der Waals surface area (Å²) in [4.78, 5) is 25.7. The molecule has 1 fully saturated rings. The Hall–Kier alpha value is -3.06. The lowest BCUT2D eigenvalue weighted by Gasteiger charge is -2.11. The predicted octanol–water partition coefficient (Wildman–Crippen LogP) is 3.30. The number of hydrogen-bond donors (Lipinski definition) is 1. The minimum absolute atomic E-state index is 0.0388. The summed E-state index contributed by atoms with van der Waals surface area (Å²) in [6.07, 6.45) is 1.48. The summed E-state index contributed by atoms with van der Waals surface area (Å²) >= 11 is 6.20. The van der Waals surface area contributed by atoms with Crippen molar-refractivity contribution in [2.24, 2.45) is 0 Å². The molecule has 0 aliphatic carbocycles. The van der Waals surface area contributed by atoms with Gasteiger partial charge in [0, 0.05) is 6.07 Å². The van der Waals surface area contributed by atoms with Crippen molar-refractivity contribution in [3.8, 4) is 11.5 Å². The molecule has 26 heavy (non-hydrogen) atoms.